The van der Waals surface area contributed by atoms with Crippen LogP contribution < -0.4 is 11.1 Å². The van der Waals surface area contributed by atoms with Crippen molar-refractivity contribution >= 4 is 11.8 Å². The molecule has 3 N–H and O–H groups in total. The number of alkyl halides is 3. The Labute approximate surface area is 158 Å². The van der Waals surface area contributed by atoms with Gasteiger partial charge in [-0.05, 0) is 42.0 Å². The van der Waals surface area contributed by atoms with Crippen molar-refractivity contribution in [3.05, 3.63) is 83.1 Å². The summed E-state index contributed by atoms with van der Waals surface area (Å²) >= 11 is 0. The second-order valence-corrected chi connectivity index (χ2v) is 5.99. The maximum absolute atomic E-state index is 12.8. The Morgan fingerprint density at radius 2 is 1.75 bits per heavy atom. The molecule has 0 unspecified atom stereocenters. The average Bonchev–Trinajstić information content (AvgIpc) is 3.16. The van der Waals surface area contributed by atoms with Crippen LogP contribution in [0.15, 0.2) is 65.1 Å². The van der Waals surface area contributed by atoms with Crippen molar-refractivity contribution in [2.75, 3.05) is 0 Å². The maximum Gasteiger partial charge on any atom is 0.416 e. The predicted molar refractivity (Wildman–Crippen MR) is 95.3 cm³/mol. The zero-order chi connectivity index (χ0) is 20.3. The third-order valence-electron chi connectivity index (χ3n) is 3.97. The first kappa shape index (κ1) is 19.2. The molecule has 1 heterocycles. The minimum atomic E-state index is -4.47. The van der Waals surface area contributed by atoms with Crippen LogP contribution in [0, 0.1) is 0 Å². The third kappa shape index (κ3) is 4.40. The van der Waals surface area contributed by atoms with Gasteiger partial charge in [0, 0.05) is 17.7 Å². The van der Waals surface area contributed by atoms with Gasteiger partial charge in [-0.1, -0.05) is 24.3 Å². The van der Waals surface area contributed by atoms with Gasteiger partial charge in [0.15, 0.2) is 5.76 Å². The van der Waals surface area contributed by atoms with E-state index in [-0.39, 0.29) is 23.6 Å². The quantitative estimate of drug-likeness (QED) is 0.693. The second kappa shape index (κ2) is 7.59. The monoisotopic (exact) mass is 388 g/mol. The van der Waals surface area contributed by atoms with Gasteiger partial charge >= 0.3 is 6.18 Å². The van der Waals surface area contributed by atoms with E-state index in [2.05, 4.69) is 5.32 Å². The molecule has 0 aliphatic carbocycles. The molecule has 3 rings (SSSR count). The summed E-state index contributed by atoms with van der Waals surface area (Å²) in [4.78, 5) is 23.4. The van der Waals surface area contributed by atoms with Crippen LogP contribution in [0.5, 0.6) is 0 Å². The molecule has 0 spiro atoms. The molecule has 0 fully saturated rings. The first-order valence-electron chi connectivity index (χ1n) is 8.18. The molecule has 0 aliphatic rings. The molecular weight excluding hydrogens is 373 g/mol. The van der Waals surface area contributed by atoms with Crippen molar-refractivity contribution in [1.29, 1.82) is 0 Å². The van der Waals surface area contributed by atoms with E-state index in [1.54, 1.807) is 24.3 Å². The molecule has 28 heavy (non-hydrogen) atoms. The van der Waals surface area contributed by atoms with E-state index in [0.717, 1.165) is 12.1 Å². The molecule has 2 amide bonds. The van der Waals surface area contributed by atoms with E-state index in [1.165, 1.54) is 24.3 Å². The topological polar surface area (TPSA) is 85.3 Å². The first-order chi connectivity index (χ1) is 13.2. The Bertz CT molecular complexity index is 1030. The Morgan fingerprint density at radius 3 is 2.46 bits per heavy atom. The van der Waals surface area contributed by atoms with E-state index in [1.807, 2.05) is 0 Å². The smallest absolute Gasteiger partial charge is 0.416 e. The number of furan rings is 1. The van der Waals surface area contributed by atoms with Crippen molar-refractivity contribution in [3.8, 4) is 11.3 Å². The second-order valence-electron chi connectivity index (χ2n) is 5.99. The van der Waals surface area contributed by atoms with Crippen LogP contribution in [0.4, 0.5) is 13.2 Å². The molecule has 0 aliphatic heterocycles. The lowest BCUT2D eigenvalue weighted by Crippen LogP contribution is -2.22. The highest BCUT2D eigenvalue weighted by Crippen LogP contribution is 2.32. The number of carbonyl (C=O) groups excluding carboxylic acids is 2. The largest absolute Gasteiger partial charge is 0.451 e. The van der Waals surface area contributed by atoms with Gasteiger partial charge in [0.05, 0.1) is 5.56 Å². The molecule has 0 atom stereocenters. The molecule has 5 nitrogen and oxygen atoms in total. The fraction of sp³-hybridized carbons (Fsp3) is 0.100. The summed E-state index contributed by atoms with van der Waals surface area (Å²) < 4.78 is 43.9. The molecule has 144 valence electrons. The van der Waals surface area contributed by atoms with Gasteiger partial charge in [0.2, 0.25) is 5.91 Å². The number of primary amides is 1. The molecule has 3 aromatic rings. The number of carbonyl (C=O) groups is 2. The van der Waals surface area contributed by atoms with Crippen LogP contribution in [0.25, 0.3) is 11.3 Å². The molecule has 2 aromatic carbocycles. The van der Waals surface area contributed by atoms with Gasteiger partial charge in [0.25, 0.3) is 5.91 Å². The molecule has 1 aromatic heterocycles. The predicted octanol–water partition coefficient (Wildman–Crippen LogP) is 3.99. The van der Waals surface area contributed by atoms with Gasteiger partial charge in [-0.3, -0.25) is 9.59 Å². The van der Waals surface area contributed by atoms with Gasteiger partial charge < -0.3 is 15.5 Å². The highest BCUT2D eigenvalue weighted by Gasteiger charge is 2.30. The lowest BCUT2D eigenvalue weighted by molar-refractivity contribution is -0.137. The first-order valence-corrected chi connectivity index (χ1v) is 8.18. The number of amides is 2. The van der Waals surface area contributed by atoms with Crippen molar-refractivity contribution in [1.82, 2.24) is 5.32 Å². The molecule has 8 heteroatoms. The minimum absolute atomic E-state index is 0.0431. The summed E-state index contributed by atoms with van der Waals surface area (Å²) in [6.07, 6.45) is -4.47. The lowest BCUT2D eigenvalue weighted by Gasteiger charge is -2.07. The number of halogens is 3. The average molecular weight is 388 g/mol. The minimum Gasteiger partial charge on any atom is -0.451 e. The lowest BCUT2D eigenvalue weighted by atomic mass is 10.1. The summed E-state index contributed by atoms with van der Waals surface area (Å²) in [7, 11) is 0. The van der Waals surface area contributed by atoms with Crippen molar-refractivity contribution in [3.63, 3.8) is 0 Å². The van der Waals surface area contributed by atoms with Crippen molar-refractivity contribution in [2.45, 2.75) is 12.7 Å². The van der Waals surface area contributed by atoms with Gasteiger partial charge in [-0.15, -0.1) is 0 Å². The van der Waals surface area contributed by atoms with Crippen LogP contribution in [-0.2, 0) is 12.7 Å². The number of nitrogens with one attached hydrogen (secondary N) is 1. The van der Waals surface area contributed by atoms with Crippen LogP contribution in [0.1, 0.15) is 32.0 Å². The highest BCUT2D eigenvalue weighted by molar-refractivity contribution is 5.93. The molecule has 0 saturated carbocycles. The number of nitrogens with two attached hydrogens (primary N) is 1. The van der Waals surface area contributed by atoms with Gasteiger partial charge in [-0.2, -0.15) is 13.2 Å². The third-order valence-corrected chi connectivity index (χ3v) is 3.97. The SMILES string of the molecule is NC(=O)c1cccc(CNC(=O)c2ccc(-c3cccc(C(F)(F)F)c3)o2)c1. The Hall–Kier alpha value is -3.55. The van der Waals surface area contributed by atoms with Crippen molar-refractivity contribution < 1.29 is 27.2 Å². The molecule has 0 saturated heterocycles. The Kier molecular flexibility index (Phi) is 5.21. The van der Waals surface area contributed by atoms with E-state index in [0.29, 0.717) is 11.1 Å². The van der Waals surface area contributed by atoms with E-state index < -0.39 is 23.6 Å². The van der Waals surface area contributed by atoms with Crippen LogP contribution in [-0.4, -0.2) is 11.8 Å². The van der Waals surface area contributed by atoms with Crippen LogP contribution in [0.2, 0.25) is 0 Å². The molecule has 0 radical (unpaired) electrons. The fourth-order valence-electron chi connectivity index (χ4n) is 2.57. The van der Waals surface area contributed by atoms with E-state index >= 15 is 0 Å². The van der Waals surface area contributed by atoms with Crippen LogP contribution >= 0.6 is 0 Å². The van der Waals surface area contributed by atoms with Gasteiger partial charge in [-0.25, -0.2) is 0 Å². The molecule has 0 bridgehead atoms. The Balaban J connectivity index is 1.71. The summed E-state index contributed by atoms with van der Waals surface area (Å²) in [5, 5.41) is 2.62. The zero-order valence-electron chi connectivity index (χ0n) is 14.4. The summed E-state index contributed by atoms with van der Waals surface area (Å²) in [5.74, 6) is -1.02. The number of hydrogen-bond donors (Lipinski definition) is 2. The summed E-state index contributed by atoms with van der Waals surface area (Å²) in [6, 6.07) is 13.9. The maximum atomic E-state index is 12.8. The van der Waals surface area contributed by atoms with Crippen LogP contribution in [0.3, 0.4) is 0 Å². The summed E-state index contributed by atoms with van der Waals surface area (Å²) in [5.41, 5.74) is 5.60. The number of benzene rings is 2. The van der Waals surface area contributed by atoms with E-state index in [4.69, 9.17) is 10.2 Å². The highest BCUT2D eigenvalue weighted by atomic mass is 19.4. The standard InChI is InChI=1S/C20H15F3N2O3/c21-20(22,23)15-6-2-4-13(10-15)16-7-8-17(28-16)19(27)25-11-12-3-1-5-14(9-12)18(24)26/h1-10H,11H2,(H2,24,26)(H,25,27). The van der Waals surface area contributed by atoms with Gasteiger partial charge in [0.1, 0.15) is 5.76 Å². The normalized spacial score (nSPS) is 11.2. The van der Waals surface area contributed by atoms with Crippen molar-refractivity contribution in [2.24, 2.45) is 5.73 Å². The number of rotatable bonds is 5. The fourth-order valence-corrected chi connectivity index (χ4v) is 2.57. The summed E-state index contributed by atoms with van der Waals surface area (Å²) in [6.45, 7) is 0.125. The molecular formula is C20H15F3N2O3. The van der Waals surface area contributed by atoms with E-state index in [9.17, 15) is 22.8 Å². The Morgan fingerprint density at radius 1 is 1.00 bits per heavy atom. The number of hydrogen-bond acceptors (Lipinski definition) is 3. The zero-order valence-corrected chi connectivity index (χ0v) is 14.4.